The van der Waals surface area contributed by atoms with Crippen molar-refractivity contribution in [1.82, 2.24) is 0 Å². The molecule has 0 spiro atoms. The van der Waals surface area contributed by atoms with Crippen molar-refractivity contribution in [3.05, 3.63) is 48.2 Å². The minimum atomic E-state index is -0.641. The van der Waals surface area contributed by atoms with Crippen LogP contribution in [0.1, 0.15) is 10.4 Å². The number of rotatable bonds is 2. The molecule has 1 N–H and O–H groups in total. The zero-order chi connectivity index (χ0) is 13.3. The number of amides is 1. The lowest BCUT2D eigenvalue weighted by Crippen LogP contribution is -2.12. The van der Waals surface area contributed by atoms with Crippen molar-refractivity contribution in [3.8, 4) is 0 Å². The summed E-state index contributed by atoms with van der Waals surface area (Å²) in [5.74, 6) is -1.04. The molecule has 0 radical (unpaired) electrons. The number of nitrogens with one attached hydrogen (secondary N) is 1. The smallest absolute Gasteiger partial charge is 0.257 e. The predicted molar refractivity (Wildman–Crippen MR) is 79.1 cm³/mol. The van der Waals surface area contributed by atoms with Gasteiger partial charge in [0.1, 0.15) is 0 Å². The van der Waals surface area contributed by atoms with Crippen LogP contribution in [0.3, 0.4) is 0 Å². The van der Waals surface area contributed by atoms with Crippen molar-refractivity contribution in [3.63, 3.8) is 0 Å². The van der Waals surface area contributed by atoms with E-state index in [1.54, 1.807) is 12.1 Å². The van der Waals surface area contributed by atoms with Crippen molar-refractivity contribution < 1.29 is 9.18 Å². The van der Waals surface area contributed by atoms with E-state index >= 15 is 0 Å². The van der Waals surface area contributed by atoms with Gasteiger partial charge in [0.25, 0.3) is 5.91 Å². The summed E-state index contributed by atoms with van der Waals surface area (Å²) in [4.78, 5) is 11.9. The average molecular weight is 413 g/mol. The summed E-state index contributed by atoms with van der Waals surface area (Å²) >= 11 is 13.6. The molecule has 0 saturated heterocycles. The van der Waals surface area contributed by atoms with Crippen LogP contribution in [0.25, 0.3) is 0 Å². The van der Waals surface area contributed by atoms with E-state index in [0.717, 1.165) is 3.79 Å². The minimum absolute atomic E-state index is 0.0293. The van der Waals surface area contributed by atoms with Crippen LogP contribution in [0.2, 0.25) is 5.02 Å². The maximum atomic E-state index is 13.6. The first kappa shape index (κ1) is 14.0. The molecule has 0 aliphatic carbocycles. The average Bonchev–Trinajstić information content (AvgIpc) is 2.64. The van der Waals surface area contributed by atoms with Crippen LogP contribution >= 0.6 is 54.8 Å². The van der Waals surface area contributed by atoms with E-state index in [2.05, 4.69) is 37.2 Å². The van der Waals surface area contributed by atoms with Gasteiger partial charge in [-0.2, -0.15) is 0 Å². The molecule has 2 aromatic rings. The molecule has 1 aromatic heterocycles. The van der Waals surface area contributed by atoms with Gasteiger partial charge in [0, 0.05) is 0 Å². The van der Waals surface area contributed by atoms with Gasteiger partial charge in [-0.1, -0.05) is 17.7 Å². The van der Waals surface area contributed by atoms with Crippen molar-refractivity contribution in [2.75, 3.05) is 5.32 Å². The molecule has 2 rings (SSSR count). The zero-order valence-electron chi connectivity index (χ0n) is 8.64. The molecule has 0 saturated carbocycles. The molecular weight excluding hydrogens is 408 g/mol. The van der Waals surface area contributed by atoms with E-state index in [4.69, 9.17) is 11.6 Å². The third-order valence-corrected chi connectivity index (χ3v) is 4.73. The summed E-state index contributed by atoms with van der Waals surface area (Å²) in [7, 11) is 0. The largest absolute Gasteiger partial charge is 0.319 e. The highest BCUT2D eigenvalue weighted by atomic mass is 79.9. The third kappa shape index (κ3) is 2.93. The number of hydrogen-bond acceptors (Lipinski definition) is 2. The first-order valence-corrected chi connectivity index (χ1v) is 7.47. The molecular formula is C11H5Br2ClFNOS. The van der Waals surface area contributed by atoms with E-state index in [9.17, 15) is 9.18 Å². The summed E-state index contributed by atoms with van der Waals surface area (Å²) < 4.78 is 15.1. The number of thiophene rings is 1. The summed E-state index contributed by atoms with van der Waals surface area (Å²) in [6.07, 6.45) is 0. The fourth-order valence-corrected chi connectivity index (χ4v) is 4.25. The van der Waals surface area contributed by atoms with Crippen molar-refractivity contribution in [2.45, 2.75) is 0 Å². The number of carbonyl (C=O) groups excluding carboxylic acids is 1. The Morgan fingerprint density at radius 2 is 2.11 bits per heavy atom. The Balaban J connectivity index is 2.27. The highest BCUT2D eigenvalue weighted by molar-refractivity contribution is 9.12. The van der Waals surface area contributed by atoms with Gasteiger partial charge >= 0.3 is 0 Å². The predicted octanol–water partition coefficient (Wildman–Crippen LogP) is 5.32. The first-order chi connectivity index (χ1) is 8.49. The SMILES string of the molecule is O=C(Nc1cccc(Cl)c1F)c1cc(Br)sc1Br. The van der Waals surface area contributed by atoms with Crippen LogP contribution < -0.4 is 5.32 Å². The highest BCUT2D eigenvalue weighted by Crippen LogP contribution is 2.32. The van der Waals surface area contributed by atoms with Gasteiger partial charge in [-0.05, 0) is 50.1 Å². The molecule has 18 heavy (non-hydrogen) atoms. The number of halogens is 4. The molecule has 0 aliphatic heterocycles. The molecule has 0 aliphatic rings. The third-order valence-electron chi connectivity index (χ3n) is 2.10. The zero-order valence-corrected chi connectivity index (χ0v) is 13.4. The molecule has 0 fully saturated rings. The molecule has 1 amide bonds. The molecule has 2 nitrogen and oxygen atoms in total. The maximum absolute atomic E-state index is 13.6. The van der Waals surface area contributed by atoms with Crippen LogP contribution in [-0.4, -0.2) is 5.91 Å². The summed E-state index contributed by atoms with van der Waals surface area (Å²) in [6.45, 7) is 0. The summed E-state index contributed by atoms with van der Waals surface area (Å²) in [5, 5.41) is 2.45. The summed E-state index contributed by atoms with van der Waals surface area (Å²) in [5.41, 5.74) is 0.493. The van der Waals surface area contributed by atoms with Crippen LogP contribution in [-0.2, 0) is 0 Å². The Morgan fingerprint density at radius 1 is 1.39 bits per heavy atom. The Labute approximate surface area is 128 Å². The van der Waals surface area contributed by atoms with Crippen LogP contribution in [0.5, 0.6) is 0 Å². The second kappa shape index (κ2) is 5.69. The Morgan fingerprint density at radius 3 is 2.72 bits per heavy atom. The number of benzene rings is 1. The molecule has 94 valence electrons. The highest BCUT2D eigenvalue weighted by Gasteiger charge is 2.16. The first-order valence-electron chi connectivity index (χ1n) is 4.69. The Bertz CT molecular complexity index is 617. The topological polar surface area (TPSA) is 29.1 Å². The Kier molecular flexibility index (Phi) is 4.42. The summed E-state index contributed by atoms with van der Waals surface area (Å²) in [6, 6.07) is 6.10. The number of hydrogen-bond donors (Lipinski definition) is 1. The van der Waals surface area contributed by atoms with E-state index in [-0.39, 0.29) is 10.7 Å². The van der Waals surface area contributed by atoms with Crippen LogP contribution in [0, 0.1) is 5.82 Å². The lowest BCUT2D eigenvalue weighted by Gasteiger charge is -2.06. The van der Waals surface area contributed by atoms with Gasteiger partial charge in [0.05, 0.1) is 23.8 Å². The number of anilines is 1. The van der Waals surface area contributed by atoms with Gasteiger partial charge in [0.15, 0.2) is 5.82 Å². The van der Waals surface area contributed by atoms with Crippen molar-refractivity contribution in [1.29, 1.82) is 0 Å². The van der Waals surface area contributed by atoms with Gasteiger partial charge in [-0.25, -0.2) is 4.39 Å². The lowest BCUT2D eigenvalue weighted by molar-refractivity contribution is 0.102. The standard InChI is InChI=1S/C11H5Br2ClFNOS/c12-8-4-5(10(13)18-8)11(17)16-7-3-1-2-6(14)9(7)15/h1-4H,(H,16,17). The number of carbonyl (C=O) groups is 1. The minimum Gasteiger partial charge on any atom is -0.319 e. The molecule has 1 heterocycles. The van der Waals surface area contributed by atoms with Crippen LogP contribution in [0.15, 0.2) is 31.8 Å². The van der Waals surface area contributed by atoms with E-state index in [1.807, 2.05) is 0 Å². The normalized spacial score (nSPS) is 10.4. The second-order valence-corrected chi connectivity index (χ2v) is 7.45. The fraction of sp³-hybridized carbons (Fsp3) is 0. The molecule has 0 atom stereocenters. The van der Waals surface area contributed by atoms with E-state index in [0.29, 0.717) is 9.35 Å². The van der Waals surface area contributed by atoms with E-state index in [1.165, 1.54) is 23.5 Å². The van der Waals surface area contributed by atoms with Gasteiger partial charge in [0.2, 0.25) is 0 Å². The molecule has 1 aromatic carbocycles. The molecule has 0 bridgehead atoms. The van der Waals surface area contributed by atoms with E-state index < -0.39 is 11.7 Å². The Hall–Kier alpha value is -0.430. The van der Waals surface area contributed by atoms with Crippen molar-refractivity contribution >= 4 is 66.4 Å². The molecule has 7 heteroatoms. The van der Waals surface area contributed by atoms with Gasteiger partial charge in [-0.3, -0.25) is 4.79 Å². The maximum Gasteiger partial charge on any atom is 0.257 e. The van der Waals surface area contributed by atoms with Gasteiger partial charge in [-0.15, -0.1) is 11.3 Å². The molecule has 0 unspecified atom stereocenters. The monoisotopic (exact) mass is 411 g/mol. The van der Waals surface area contributed by atoms with Crippen LogP contribution in [0.4, 0.5) is 10.1 Å². The van der Waals surface area contributed by atoms with Crippen molar-refractivity contribution in [2.24, 2.45) is 0 Å². The fourth-order valence-electron chi connectivity index (χ4n) is 1.29. The lowest BCUT2D eigenvalue weighted by atomic mass is 10.2. The van der Waals surface area contributed by atoms with Gasteiger partial charge < -0.3 is 5.32 Å². The quantitative estimate of drug-likeness (QED) is 0.710. The second-order valence-electron chi connectivity index (χ2n) is 3.29.